The van der Waals surface area contributed by atoms with Crippen molar-refractivity contribution in [3.63, 3.8) is 0 Å². The summed E-state index contributed by atoms with van der Waals surface area (Å²) >= 11 is 2.60. The zero-order valence-electron chi connectivity index (χ0n) is 19.9. The Morgan fingerprint density at radius 3 is 2.56 bits per heavy atom. The molecule has 0 saturated heterocycles. The lowest BCUT2D eigenvalue weighted by molar-refractivity contribution is -0.113. The number of rotatable bonds is 9. The fourth-order valence-electron chi connectivity index (χ4n) is 3.58. The van der Waals surface area contributed by atoms with Gasteiger partial charge in [0.15, 0.2) is 5.16 Å². The van der Waals surface area contributed by atoms with Gasteiger partial charge < -0.3 is 10.1 Å². The number of anilines is 1. The number of ether oxygens (including phenoxy) is 1. The van der Waals surface area contributed by atoms with Gasteiger partial charge in [-0.25, -0.2) is 9.78 Å². The third-order valence-corrected chi connectivity index (χ3v) is 7.19. The fourth-order valence-corrected chi connectivity index (χ4v) is 5.38. The third kappa shape index (κ3) is 5.58. The van der Waals surface area contributed by atoms with Crippen molar-refractivity contribution in [3.8, 4) is 11.1 Å². The standard InChI is InChI=1S/C27H25N3O4S2/c1-4-14-30-25(32)23-21(18-8-6-17(3)7-9-18)15-35-24(23)29-27(30)36-16-22(31)28-20-12-10-19(11-13-20)26(33)34-5-2/h4,6-13,15H,1,5,14,16H2,2-3H3,(H,28,31). The quantitative estimate of drug-likeness (QED) is 0.135. The van der Waals surface area contributed by atoms with Gasteiger partial charge in [0, 0.05) is 23.2 Å². The van der Waals surface area contributed by atoms with Crippen LogP contribution in [-0.2, 0) is 16.1 Å². The Bertz CT molecular complexity index is 1470. The van der Waals surface area contributed by atoms with E-state index in [4.69, 9.17) is 9.72 Å². The Balaban J connectivity index is 1.53. The van der Waals surface area contributed by atoms with Crippen LogP contribution in [0.2, 0.25) is 0 Å². The minimum atomic E-state index is -0.410. The molecule has 2 heterocycles. The average Bonchev–Trinajstić information content (AvgIpc) is 3.30. The van der Waals surface area contributed by atoms with Gasteiger partial charge in [-0.1, -0.05) is 47.7 Å². The SMILES string of the molecule is C=CCn1c(SCC(=O)Nc2ccc(C(=O)OCC)cc2)nc2scc(-c3ccc(C)cc3)c2c1=O. The molecule has 7 nitrogen and oxygen atoms in total. The second-order valence-electron chi connectivity index (χ2n) is 7.93. The first-order valence-corrected chi connectivity index (χ1v) is 13.2. The zero-order valence-corrected chi connectivity index (χ0v) is 21.6. The number of aromatic nitrogens is 2. The maximum Gasteiger partial charge on any atom is 0.338 e. The molecular formula is C27H25N3O4S2. The maximum absolute atomic E-state index is 13.5. The number of esters is 1. The number of nitrogens with zero attached hydrogens (tertiary/aromatic N) is 2. The van der Waals surface area contributed by atoms with Crippen LogP contribution in [0.1, 0.15) is 22.8 Å². The lowest BCUT2D eigenvalue weighted by Crippen LogP contribution is -2.23. The van der Waals surface area contributed by atoms with Crippen molar-refractivity contribution in [2.45, 2.75) is 25.5 Å². The summed E-state index contributed by atoms with van der Waals surface area (Å²) in [6.45, 7) is 8.11. The number of benzene rings is 2. The van der Waals surface area contributed by atoms with Gasteiger partial charge in [0.2, 0.25) is 5.91 Å². The molecule has 0 atom stereocenters. The number of nitrogens with one attached hydrogen (secondary N) is 1. The molecule has 9 heteroatoms. The third-order valence-electron chi connectivity index (χ3n) is 5.35. The summed E-state index contributed by atoms with van der Waals surface area (Å²) < 4.78 is 6.52. The number of thioether (sulfide) groups is 1. The maximum atomic E-state index is 13.5. The van der Waals surface area contributed by atoms with Crippen molar-refractivity contribution in [2.24, 2.45) is 0 Å². The molecule has 0 saturated carbocycles. The van der Waals surface area contributed by atoms with E-state index in [0.717, 1.165) is 16.7 Å². The molecule has 2 aromatic heterocycles. The molecule has 0 fully saturated rings. The van der Waals surface area contributed by atoms with E-state index in [2.05, 4.69) is 11.9 Å². The molecule has 1 amide bonds. The first-order chi connectivity index (χ1) is 17.4. The minimum Gasteiger partial charge on any atom is -0.462 e. The highest BCUT2D eigenvalue weighted by Crippen LogP contribution is 2.32. The van der Waals surface area contributed by atoms with E-state index in [0.29, 0.717) is 33.2 Å². The molecule has 0 aliphatic carbocycles. The number of hydrogen-bond acceptors (Lipinski definition) is 7. The average molecular weight is 520 g/mol. The number of amides is 1. The highest BCUT2D eigenvalue weighted by atomic mass is 32.2. The smallest absolute Gasteiger partial charge is 0.338 e. The van der Waals surface area contributed by atoms with Gasteiger partial charge in [-0.3, -0.25) is 14.2 Å². The Hall–Kier alpha value is -3.69. The van der Waals surface area contributed by atoms with Crippen LogP contribution in [0.3, 0.4) is 0 Å². The van der Waals surface area contributed by atoms with E-state index in [1.54, 1.807) is 41.8 Å². The van der Waals surface area contributed by atoms with Gasteiger partial charge >= 0.3 is 5.97 Å². The predicted octanol–water partition coefficient (Wildman–Crippen LogP) is 5.53. The van der Waals surface area contributed by atoms with Crippen LogP contribution in [-0.4, -0.2) is 33.8 Å². The molecule has 0 bridgehead atoms. The number of fused-ring (bicyclic) bond motifs is 1. The fraction of sp³-hybridized carbons (Fsp3) is 0.185. The highest BCUT2D eigenvalue weighted by molar-refractivity contribution is 7.99. The van der Waals surface area contributed by atoms with Crippen LogP contribution >= 0.6 is 23.1 Å². The summed E-state index contributed by atoms with van der Waals surface area (Å²) in [5.74, 6) is -0.605. The molecule has 2 aromatic carbocycles. The van der Waals surface area contributed by atoms with Crippen LogP contribution in [0.5, 0.6) is 0 Å². The Morgan fingerprint density at radius 2 is 1.89 bits per heavy atom. The minimum absolute atomic E-state index is 0.0604. The van der Waals surface area contributed by atoms with Gasteiger partial charge in [-0.2, -0.15) is 0 Å². The van der Waals surface area contributed by atoms with Gasteiger partial charge in [0.25, 0.3) is 5.56 Å². The van der Waals surface area contributed by atoms with E-state index in [1.165, 1.54) is 23.1 Å². The number of hydrogen-bond donors (Lipinski definition) is 1. The molecule has 184 valence electrons. The molecule has 1 N–H and O–H groups in total. The lowest BCUT2D eigenvalue weighted by atomic mass is 10.1. The second kappa shape index (κ2) is 11.4. The summed E-state index contributed by atoms with van der Waals surface area (Å²) in [6, 6.07) is 14.5. The summed E-state index contributed by atoms with van der Waals surface area (Å²) in [7, 11) is 0. The molecule has 0 aliphatic rings. The summed E-state index contributed by atoms with van der Waals surface area (Å²) in [5, 5.41) is 5.77. The number of carbonyl (C=O) groups excluding carboxylic acids is 2. The molecule has 0 spiro atoms. The lowest BCUT2D eigenvalue weighted by Gasteiger charge is -2.11. The topological polar surface area (TPSA) is 90.3 Å². The van der Waals surface area contributed by atoms with Crippen molar-refractivity contribution in [3.05, 3.63) is 88.0 Å². The van der Waals surface area contributed by atoms with E-state index < -0.39 is 5.97 Å². The summed E-state index contributed by atoms with van der Waals surface area (Å²) in [6.07, 6.45) is 1.64. The van der Waals surface area contributed by atoms with Gasteiger partial charge in [0.1, 0.15) is 4.83 Å². The molecule has 0 aliphatic heterocycles. The van der Waals surface area contributed by atoms with Gasteiger partial charge in [-0.05, 0) is 43.7 Å². The van der Waals surface area contributed by atoms with Crippen molar-refractivity contribution in [2.75, 3.05) is 17.7 Å². The molecule has 4 aromatic rings. The van der Waals surface area contributed by atoms with Crippen molar-refractivity contribution >= 4 is 50.9 Å². The van der Waals surface area contributed by atoms with Gasteiger partial charge in [0.05, 0.1) is 23.3 Å². The first kappa shape index (κ1) is 25.4. The van der Waals surface area contributed by atoms with E-state index in [9.17, 15) is 14.4 Å². The van der Waals surface area contributed by atoms with Gasteiger partial charge in [-0.15, -0.1) is 17.9 Å². The normalized spacial score (nSPS) is 10.8. The largest absolute Gasteiger partial charge is 0.462 e. The Kier molecular flexibility index (Phi) is 8.02. The van der Waals surface area contributed by atoms with Crippen LogP contribution in [0.15, 0.2) is 76.5 Å². The Labute approximate surface area is 216 Å². The number of carbonyl (C=O) groups is 2. The van der Waals surface area contributed by atoms with Crippen LogP contribution < -0.4 is 10.9 Å². The molecule has 0 unspecified atom stereocenters. The van der Waals surface area contributed by atoms with Crippen LogP contribution in [0, 0.1) is 6.92 Å². The summed E-state index contributed by atoms with van der Waals surface area (Å²) in [5.41, 5.74) is 3.77. The highest BCUT2D eigenvalue weighted by Gasteiger charge is 2.18. The van der Waals surface area contributed by atoms with Crippen LogP contribution in [0.4, 0.5) is 5.69 Å². The number of aryl methyl sites for hydroxylation is 1. The zero-order chi connectivity index (χ0) is 25.7. The van der Waals surface area contributed by atoms with E-state index in [1.807, 2.05) is 36.6 Å². The molecular weight excluding hydrogens is 494 g/mol. The first-order valence-electron chi connectivity index (χ1n) is 11.3. The number of allylic oxidation sites excluding steroid dienone is 1. The van der Waals surface area contributed by atoms with Crippen molar-refractivity contribution in [1.29, 1.82) is 0 Å². The molecule has 4 rings (SSSR count). The van der Waals surface area contributed by atoms with Crippen molar-refractivity contribution < 1.29 is 14.3 Å². The summed E-state index contributed by atoms with van der Waals surface area (Å²) in [4.78, 5) is 43.2. The van der Waals surface area contributed by atoms with E-state index >= 15 is 0 Å². The van der Waals surface area contributed by atoms with Crippen molar-refractivity contribution in [1.82, 2.24) is 9.55 Å². The Morgan fingerprint density at radius 1 is 1.17 bits per heavy atom. The monoisotopic (exact) mass is 519 g/mol. The van der Waals surface area contributed by atoms with Crippen LogP contribution in [0.25, 0.3) is 21.3 Å². The number of thiophene rings is 1. The second-order valence-corrected chi connectivity index (χ2v) is 9.73. The van der Waals surface area contributed by atoms with E-state index in [-0.39, 0.29) is 23.8 Å². The molecule has 36 heavy (non-hydrogen) atoms. The molecule has 0 radical (unpaired) electrons. The predicted molar refractivity (Wildman–Crippen MR) is 146 cm³/mol.